The third kappa shape index (κ3) is 2.24. The molecule has 0 atom stereocenters. The van der Waals surface area contributed by atoms with Crippen LogP contribution in [0.1, 0.15) is 11.1 Å². The first-order chi connectivity index (χ1) is 5.59. The van der Waals surface area contributed by atoms with E-state index in [1.54, 1.807) is 0 Å². The van der Waals surface area contributed by atoms with E-state index in [4.69, 9.17) is 22.7 Å². The van der Waals surface area contributed by atoms with E-state index in [2.05, 4.69) is 0 Å². The Morgan fingerprint density at radius 2 is 2.25 bits per heavy atom. The van der Waals surface area contributed by atoms with Gasteiger partial charge in [0.25, 0.3) is 0 Å². The van der Waals surface area contributed by atoms with Crippen molar-refractivity contribution >= 4 is 17.4 Å². The lowest BCUT2D eigenvalue weighted by Crippen LogP contribution is -2.12. The van der Waals surface area contributed by atoms with Crippen LogP contribution in [0, 0.1) is 12.3 Å². The molecule has 0 bridgehead atoms. The zero-order chi connectivity index (χ0) is 9.14. The molecule has 1 aromatic rings. The third-order valence-electron chi connectivity index (χ3n) is 1.58. The molecule has 0 aliphatic heterocycles. The van der Waals surface area contributed by atoms with Gasteiger partial charge in [0.2, 0.25) is 0 Å². The fourth-order valence-corrected chi connectivity index (χ4v) is 1.23. The molecule has 12 heavy (non-hydrogen) atoms. The Labute approximate surface area is 76.9 Å². The average molecular weight is 183 g/mol. The molecule has 0 heterocycles. The van der Waals surface area contributed by atoms with Crippen molar-refractivity contribution in [2.24, 2.45) is 5.73 Å². The lowest BCUT2D eigenvalue weighted by Gasteiger charge is -2.03. The van der Waals surface area contributed by atoms with Crippen molar-refractivity contribution in [3.8, 4) is 0 Å². The summed E-state index contributed by atoms with van der Waals surface area (Å²) in [6.07, 6.45) is 0.431. The van der Waals surface area contributed by atoms with Crippen molar-refractivity contribution < 1.29 is 0 Å². The summed E-state index contributed by atoms with van der Waals surface area (Å²) < 4.78 is 0. The molecule has 0 amide bonds. The van der Waals surface area contributed by atoms with Gasteiger partial charge in [0, 0.05) is 11.4 Å². The van der Waals surface area contributed by atoms with Gasteiger partial charge in [-0.2, -0.15) is 0 Å². The molecule has 2 nitrogen and oxygen atoms in total. The summed E-state index contributed by atoms with van der Waals surface area (Å²) in [5.41, 5.74) is 7.32. The highest BCUT2D eigenvalue weighted by Crippen LogP contribution is 2.17. The minimum atomic E-state index is 0.141. The summed E-state index contributed by atoms with van der Waals surface area (Å²) in [6, 6.07) is 5.71. The molecule has 0 aliphatic rings. The van der Waals surface area contributed by atoms with Gasteiger partial charge in [-0.1, -0.05) is 29.3 Å². The Hall–Kier alpha value is -1.02. The summed E-state index contributed by atoms with van der Waals surface area (Å²) in [6.45, 7) is 1.99. The first-order valence-electron chi connectivity index (χ1n) is 3.67. The minimum absolute atomic E-state index is 0.141. The Morgan fingerprint density at radius 1 is 1.58 bits per heavy atom. The fraction of sp³-hybridized carbons (Fsp3) is 0.222. The van der Waals surface area contributed by atoms with Crippen LogP contribution in [-0.2, 0) is 6.42 Å². The molecule has 0 saturated heterocycles. The number of aryl methyl sites for hydroxylation is 1. The molecule has 1 aromatic carbocycles. The number of hydrogen-bond acceptors (Lipinski definition) is 1. The maximum Gasteiger partial charge on any atom is 0.0950 e. The van der Waals surface area contributed by atoms with E-state index >= 15 is 0 Å². The second kappa shape index (κ2) is 3.59. The van der Waals surface area contributed by atoms with Crippen LogP contribution in [0.3, 0.4) is 0 Å². The van der Waals surface area contributed by atoms with Gasteiger partial charge in [-0.15, -0.1) is 0 Å². The molecule has 3 heteroatoms. The van der Waals surface area contributed by atoms with Crippen LogP contribution in [0.25, 0.3) is 0 Å². The Kier molecular flexibility index (Phi) is 2.71. The second-order valence-corrected chi connectivity index (χ2v) is 3.20. The molecular formula is C9H11ClN2. The van der Waals surface area contributed by atoms with Gasteiger partial charge in [-0.05, 0) is 18.6 Å². The van der Waals surface area contributed by atoms with E-state index in [0.29, 0.717) is 11.4 Å². The van der Waals surface area contributed by atoms with Gasteiger partial charge in [-0.3, -0.25) is 5.41 Å². The van der Waals surface area contributed by atoms with Gasteiger partial charge in [-0.25, -0.2) is 0 Å². The van der Waals surface area contributed by atoms with Crippen LogP contribution < -0.4 is 5.73 Å². The number of halogens is 1. The number of amidine groups is 1. The van der Waals surface area contributed by atoms with Crippen LogP contribution in [0.4, 0.5) is 0 Å². The van der Waals surface area contributed by atoms with Crippen molar-refractivity contribution in [2.75, 3.05) is 0 Å². The highest BCUT2D eigenvalue weighted by atomic mass is 35.5. The molecule has 0 spiro atoms. The van der Waals surface area contributed by atoms with Gasteiger partial charge >= 0.3 is 0 Å². The van der Waals surface area contributed by atoms with Crippen molar-refractivity contribution in [3.05, 3.63) is 34.3 Å². The number of nitrogens with two attached hydrogens (primary N) is 1. The Morgan fingerprint density at radius 3 is 2.83 bits per heavy atom. The molecule has 0 fully saturated rings. The Balaban J connectivity index is 2.97. The standard InChI is InChI=1S/C9H11ClN2/c1-6-2-3-8(10)7(4-6)5-9(11)12/h2-4H,5H2,1H3,(H3,11,12). The van der Waals surface area contributed by atoms with E-state index < -0.39 is 0 Å². The number of hydrogen-bond donors (Lipinski definition) is 2. The molecule has 0 aliphatic carbocycles. The zero-order valence-electron chi connectivity index (χ0n) is 6.89. The number of rotatable bonds is 2. The average Bonchev–Trinajstić information content (AvgIpc) is 1.96. The predicted octanol–water partition coefficient (Wildman–Crippen LogP) is 2.13. The molecule has 0 radical (unpaired) electrons. The topological polar surface area (TPSA) is 49.9 Å². The van der Waals surface area contributed by atoms with Crippen LogP contribution in [0.2, 0.25) is 5.02 Å². The van der Waals surface area contributed by atoms with E-state index in [1.165, 1.54) is 0 Å². The molecule has 1 rings (SSSR count). The van der Waals surface area contributed by atoms with E-state index in [0.717, 1.165) is 11.1 Å². The van der Waals surface area contributed by atoms with Crippen LogP contribution in [0.5, 0.6) is 0 Å². The van der Waals surface area contributed by atoms with Gasteiger partial charge < -0.3 is 5.73 Å². The zero-order valence-corrected chi connectivity index (χ0v) is 7.65. The SMILES string of the molecule is Cc1ccc(Cl)c(CC(=N)N)c1. The number of benzene rings is 1. The molecule has 64 valence electrons. The fourth-order valence-electron chi connectivity index (χ4n) is 1.04. The smallest absolute Gasteiger partial charge is 0.0950 e. The molecule has 0 aromatic heterocycles. The van der Waals surface area contributed by atoms with Gasteiger partial charge in [0.15, 0.2) is 0 Å². The number of nitrogens with one attached hydrogen (secondary N) is 1. The van der Waals surface area contributed by atoms with E-state index in [1.807, 2.05) is 25.1 Å². The van der Waals surface area contributed by atoms with Crippen molar-refractivity contribution in [1.29, 1.82) is 5.41 Å². The summed E-state index contributed by atoms with van der Waals surface area (Å²) in [5, 5.41) is 7.79. The first-order valence-corrected chi connectivity index (χ1v) is 4.05. The predicted molar refractivity (Wildman–Crippen MR) is 51.8 cm³/mol. The van der Waals surface area contributed by atoms with Crippen LogP contribution in [-0.4, -0.2) is 5.84 Å². The highest BCUT2D eigenvalue weighted by molar-refractivity contribution is 6.31. The Bertz CT molecular complexity index is 307. The van der Waals surface area contributed by atoms with Crippen molar-refractivity contribution in [3.63, 3.8) is 0 Å². The summed E-state index contributed by atoms with van der Waals surface area (Å²) in [5.74, 6) is 0.141. The summed E-state index contributed by atoms with van der Waals surface area (Å²) in [4.78, 5) is 0. The van der Waals surface area contributed by atoms with Crippen LogP contribution in [0.15, 0.2) is 18.2 Å². The second-order valence-electron chi connectivity index (χ2n) is 2.80. The quantitative estimate of drug-likeness (QED) is 0.534. The molecule has 0 saturated carbocycles. The first kappa shape index (κ1) is 9.07. The maximum absolute atomic E-state index is 7.12. The minimum Gasteiger partial charge on any atom is -0.387 e. The van der Waals surface area contributed by atoms with Crippen molar-refractivity contribution in [2.45, 2.75) is 13.3 Å². The summed E-state index contributed by atoms with van der Waals surface area (Å²) >= 11 is 5.89. The molecule has 0 unspecified atom stereocenters. The monoisotopic (exact) mass is 182 g/mol. The third-order valence-corrected chi connectivity index (χ3v) is 1.95. The van der Waals surface area contributed by atoms with E-state index in [9.17, 15) is 0 Å². The van der Waals surface area contributed by atoms with Crippen molar-refractivity contribution in [1.82, 2.24) is 0 Å². The maximum atomic E-state index is 7.12. The van der Waals surface area contributed by atoms with E-state index in [-0.39, 0.29) is 5.84 Å². The van der Waals surface area contributed by atoms with Crippen LogP contribution >= 0.6 is 11.6 Å². The van der Waals surface area contributed by atoms with Gasteiger partial charge in [0.05, 0.1) is 5.84 Å². The highest BCUT2D eigenvalue weighted by Gasteiger charge is 2.01. The largest absolute Gasteiger partial charge is 0.387 e. The van der Waals surface area contributed by atoms with Gasteiger partial charge in [0.1, 0.15) is 0 Å². The molecule has 3 N–H and O–H groups in total. The lowest BCUT2D eigenvalue weighted by atomic mass is 10.1. The lowest BCUT2D eigenvalue weighted by molar-refractivity contribution is 1.23. The molecular weight excluding hydrogens is 172 g/mol. The summed E-state index contributed by atoms with van der Waals surface area (Å²) in [7, 11) is 0. The normalized spacial score (nSPS) is 9.83.